The molecule has 1 N–H and O–H groups in total. The maximum Gasteiger partial charge on any atom is 0.255 e. The lowest BCUT2D eigenvalue weighted by Crippen LogP contribution is -2.39. The van der Waals surface area contributed by atoms with Crippen LogP contribution in [0.1, 0.15) is 28.8 Å². The van der Waals surface area contributed by atoms with Gasteiger partial charge in [0.25, 0.3) is 5.91 Å². The molecule has 1 aliphatic heterocycles. The topological polar surface area (TPSA) is 61.9 Å². The first-order valence-corrected chi connectivity index (χ1v) is 8.42. The summed E-state index contributed by atoms with van der Waals surface area (Å²) >= 11 is 0. The Hall–Kier alpha value is -2.69. The molecule has 0 saturated carbocycles. The largest absolute Gasteiger partial charge is 0.343 e. The highest BCUT2D eigenvalue weighted by atomic mass is 16.2. The van der Waals surface area contributed by atoms with Gasteiger partial charge in [-0.05, 0) is 36.8 Å². The second kappa shape index (κ2) is 6.43. The highest BCUT2D eigenvalue weighted by Crippen LogP contribution is 2.23. The van der Waals surface area contributed by atoms with Crippen LogP contribution in [0.15, 0.2) is 48.9 Å². The molecule has 0 bridgehead atoms. The minimum atomic E-state index is 0.0668. The van der Waals surface area contributed by atoms with Crippen molar-refractivity contribution in [3.8, 4) is 0 Å². The first-order valence-electron chi connectivity index (χ1n) is 8.42. The van der Waals surface area contributed by atoms with Crippen molar-refractivity contribution in [2.45, 2.75) is 19.3 Å². The summed E-state index contributed by atoms with van der Waals surface area (Å²) < 4.78 is 0. The number of carbonyl (C=O) groups excluding carboxylic acids is 1. The zero-order valence-corrected chi connectivity index (χ0v) is 13.5. The van der Waals surface area contributed by atoms with E-state index >= 15 is 0 Å². The van der Waals surface area contributed by atoms with Crippen LogP contribution >= 0.6 is 0 Å². The van der Waals surface area contributed by atoms with E-state index in [1.165, 1.54) is 5.56 Å². The zero-order chi connectivity index (χ0) is 16.4. The number of nitrogens with zero attached hydrogens (tertiary/aromatic N) is 3. The van der Waals surface area contributed by atoms with Crippen LogP contribution in [-0.2, 0) is 6.42 Å². The number of benzene rings is 1. The van der Waals surface area contributed by atoms with Gasteiger partial charge in [-0.3, -0.25) is 4.79 Å². The van der Waals surface area contributed by atoms with E-state index in [1.807, 2.05) is 11.0 Å². The molecule has 5 heteroatoms. The summed E-state index contributed by atoms with van der Waals surface area (Å²) in [5, 5.41) is 0. The number of amides is 1. The third-order valence-corrected chi connectivity index (χ3v) is 4.79. The molecule has 5 nitrogen and oxygen atoms in total. The van der Waals surface area contributed by atoms with E-state index in [1.54, 1.807) is 12.5 Å². The Morgan fingerprint density at radius 1 is 1.17 bits per heavy atom. The van der Waals surface area contributed by atoms with Gasteiger partial charge >= 0.3 is 0 Å². The van der Waals surface area contributed by atoms with E-state index in [0.717, 1.165) is 37.9 Å². The normalized spacial score (nSPS) is 15.8. The molecular weight excluding hydrogens is 300 g/mol. The van der Waals surface area contributed by atoms with Crippen LogP contribution in [0.25, 0.3) is 11.2 Å². The van der Waals surface area contributed by atoms with Gasteiger partial charge in [0, 0.05) is 19.3 Å². The van der Waals surface area contributed by atoms with E-state index in [4.69, 9.17) is 0 Å². The number of aromatic amines is 1. The SMILES string of the molecule is O=C(c1cnc2nc[nH]c2c1)N1CCC(Cc2ccccc2)CC1. The number of imidazole rings is 1. The predicted molar refractivity (Wildman–Crippen MR) is 92.7 cm³/mol. The van der Waals surface area contributed by atoms with E-state index in [2.05, 4.69) is 45.3 Å². The fourth-order valence-electron chi connectivity index (χ4n) is 3.42. The molecule has 1 fully saturated rings. The Labute approximate surface area is 140 Å². The number of fused-ring (bicyclic) bond motifs is 1. The molecule has 1 aliphatic rings. The van der Waals surface area contributed by atoms with E-state index in [9.17, 15) is 4.79 Å². The minimum absolute atomic E-state index is 0.0668. The highest BCUT2D eigenvalue weighted by Gasteiger charge is 2.24. The van der Waals surface area contributed by atoms with E-state index in [-0.39, 0.29) is 5.91 Å². The fourth-order valence-corrected chi connectivity index (χ4v) is 3.42. The third kappa shape index (κ3) is 3.02. The van der Waals surface area contributed by atoms with Gasteiger partial charge in [-0.25, -0.2) is 9.97 Å². The van der Waals surface area contributed by atoms with Crippen molar-refractivity contribution in [2.24, 2.45) is 5.92 Å². The number of carbonyl (C=O) groups is 1. The number of hydrogen-bond acceptors (Lipinski definition) is 3. The molecule has 1 aromatic carbocycles. The molecule has 122 valence electrons. The molecule has 0 unspecified atom stereocenters. The second-order valence-electron chi connectivity index (χ2n) is 6.42. The van der Waals surface area contributed by atoms with Crippen LogP contribution in [-0.4, -0.2) is 38.8 Å². The van der Waals surface area contributed by atoms with E-state index < -0.39 is 0 Å². The summed E-state index contributed by atoms with van der Waals surface area (Å²) in [4.78, 5) is 26.0. The number of likely N-dealkylation sites (tertiary alicyclic amines) is 1. The molecule has 3 aromatic rings. The number of pyridine rings is 1. The van der Waals surface area contributed by atoms with Gasteiger partial charge < -0.3 is 9.88 Å². The molecule has 1 amide bonds. The number of nitrogens with one attached hydrogen (secondary N) is 1. The van der Waals surface area contributed by atoms with Gasteiger partial charge in [0.15, 0.2) is 5.65 Å². The van der Waals surface area contributed by atoms with Gasteiger partial charge in [-0.15, -0.1) is 0 Å². The van der Waals surface area contributed by atoms with Gasteiger partial charge in [-0.1, -0.05) is 30.3 Å². The van der Waals surface area contributed by atoms with Crippen LogP contribution in [0.4, 0.5) is 0 Å². The summed E-state index contributed by atoms with van der Waals surface area (Å²) in [5.74, 6) is 0.724. The molecule has 1 saturated heterocycles. The zero-order valence-electron chi connectivity index (χ0n) is 13.5. The molecule has 3 heterocycles. The standard InChI is InChI=1S/C19H20N4O/c24-19(16-11-17-18(20-12-16)22-13-21-17)23-8-6-15(7-9-23)10-14-4-2-1-3-5-14/h1-5,11-13,15H,6-10H2,(H,20,21,22). The predicted octanol–water partition coefficient (Wildman–Crippen LogP) is 3.05. The van der Waals surface area contributed by atoms with Gasteiger partial charge in [0.1, 0.15) is 0 Å². The Morgan fingerprint density at radius 3 is 2.75 bits per heavy atom. The number of piperidine rings is 1. The lowest BCUT2D eigenvalue weighted by atomic mass is 9.90. The first kappa shape index (κ1) is 14.9. The van der Waals surface area contributed by atoms with Gasteiger partial charge in [0.05, 0.1) is 17.4 Å². The Balaban J connectivity index is 1.39. The minimum Gasteiger partial charge on any atom is -0.343 e. The molecule has 0 aliphatic carbocycles. The average Bonchev–Trinajstić information content (AvgIpc) is 3.10. The number of H-pyrrole nitrogens is 1. The van der Waals surface area contributed by atoms with Crippen LogP contribution in [0.5, 0.6) is 0 Å². The van der Waals surface area contributed by atoms with Crippen molar-refractivity contribution in [3.05, 3.63) is 60.0 Å². The first-order chi connectivity index (χ1) is 11.8. The van der Waals surface area contributed by atoms with Crippen molar-refractivity contribution in [2.75, 3.05) is 13.1 Å². The second-order valence-corrected chi connectivity index (χ2v) is 6.42. The molecule has 0 spiro atoms. The molecule has 0 radical (unpaired) electrons. The van der Waals surface area contributed by atoms with Crippen molar-refractivity contribution in [1.29, 1.82) is 0 Å². The summed E-state index contributed by atoms with van der Waals surface area (Å²) in [5.41, 5.74) is 3.47. The average molecular weight is 320 g/mol. The number of rotatable bonds is 3. The van der Waals surface area contributed by atoms with Crippen LogP contribution in [0.2, 0.25) is 0 Å². The van der Waals surface area contributed by atoms with Crippen LogP contribution in [0, 0.1) is 5.92 Å². The molecule has 2 aromatic heterocycles. The van der Waals surface area contributed by atoms with Crippen LogP contribution in [0.3, 0.4) is 0 Å². The molecule has 0 atom stereocenters. The van der Waals surface area contributed by atoms with Gasteiger partial charge in [0.2, 0.25) is 0 Å². The smallest absolute Gasteiger partial charge is 0.255 e. The molecular formula is C19H20N4O. The quantitative estimate of drug-likeness (QED) is 0.807. The monoisotopic (exact) mass is 320 g/mol. The summed E-state index contributed by atoms with van der Waals surface area (Å²) in [6.45, 7) is 1.63. The molecule has 24 heavy (non-hydrogen) atoms. The lowest BCUT2D eigenvalue weighted by molar-refractivity contribution is 0.0690. The fraction of sp³-hybridized carbons (Fsp3) is 0.316. The Morgan fingerprint density at radius 2 is 1.96 bits per heavy atom. The third-order valence-electron chi connectivity index (χ3n) is 4.79. The highest BCUT2D eigenvalue weighted by molar-refractivity contribution is 5.96. The number of hydrogen-bond donors (Lipinski definition) is 1. The van der Waals surface area contributed by atoms with Gasteiger partial charge in [-0.2, -0.15) is 0 Å². The summed E-state index contributed by atoms with van der Waals surface area (Å²) in [7, 11) is 0. The summed E-state index contributed by atoms with van der Waals surface area (Å²) in [6, 6.07) is 12.4. The van der Waals surface area contributed by atoms with Crippen molar-refractivity contribution >= 4 is 17.1 Å². The van der Waals surface area contributed by atoms with Crippen molar-refractivity contribution < 1.29 is 4.79 Å². The van der Waals surface area contributed by atoms with Crippen molar-refractivity contribution in [3.63, 3.8) is 0 Å². The lowest BCUT2D eigenvalue weighted by Gasteiger charge is -2.32. The Kier molecular flexibility index (Phi) is 3.99. The Bertz CT molecular complexity index is 835. The van der Waals surface area contributed by atoms with E-state index in [0.29, 0.717) is 17.1 Å². The maximum atomic E-state index is 12.7. The molecule has 4 rings (SSSR count). The van der Waals surface area contributed by atoms with Crippen molar-refractivity contribution in [1.82, 2.24) is 19.9 Å². The maximum absolute atomic E-state index is 12.7. The summed E-state index contributed by atoms with van der Waals surface area (Å²) in [6.07, 6.45) is 6.44. The van der Waals surface area contributed by atoms with Crippen LogP contribution < -0.4 is 0 Å². The number of aromatic nitrogens is 3.